The molecule has 4 nitrogen and oxygen atoms in total. The molecule has 0 spiro atoms. The lowest BCUT2D eigenvalue weighted by molar-refractivity contribution is -0.134. The van der Waals surface area contributed by atoms with Crippen LogP contribution in [0.25, 0.3) is 0 Å². The van der Waals surface area contributed by atoms with Crippen molar-refractivity contribution < 1.29 is 9.53 Å². The predicted octanol–water partition coefficient (Wildman–Crippen LogP) is 2.17. The van der Waals surface area contributed by atoms with Crippen molar-refractivity contribution in [3.63, 3.8) is 0 Å². The lowest BCUT2D eigenvalue weighted by atomic mass is 9.83. The summed E-state index contributed by atoms with van der Waals surface area (Å²) in [6, 6.07) is 0.597. The molecule has 2 atom stereocenters. The fourth-order valence-corrected chi connectivity index (χ4v) is 2.93. The smallest absolute Gasteiger partial charge is 0.222 e. The van der Waals surface area contributed by atoms with Crippen LogP contribution < -0.4 is 5.73 Å². The van der Waals surface area contributed by atoms with E-state index in [0.29, 0.717) is 31.5 Å². The molecule has 0 heterocycles. The summed E-state index contributed by atoms with van der Waals surface area (Å²) in [6.07, 6.45) is 6.34. The molecule has 1 fully saturated rings. The summed E-state index contributed by atoms with van der Waals surface area (Å²) in [5.41, 5.74) is 5.99. The van der Waals surface area contributed by atoms with E-state index in [2.05, 4.69) is 13.8 Å². The molecule has 0 radical (unpaired) electrons. The Balaban J connectivity index is 2.34. The minimum absolute atomic E-state index is 0.247. The van der Waals surface area contributed by atoms with E-state index in [9.17, 15) is 4.79 Å². The maximum absolute atomic E-state index is 12.3. The maximum atomic E-state index is 12.3. The van der Waals surface area contributed by atoms with Crippen molar-refractivity contribution in [3.8, 4) is 0 Å². The number of hydrogen-bond acceptors (Lipinski definition) is 3. The molecule has 1 saturated carbocycles. The van der Waals surface area contributed by atoms with E-state index in [4.69, 9.17) is 10.5 Å². The van der Waals surface area contributed by atoms with Crippen LogP contribution in [-0.4, -0.2) is 43.2 Å². The van der Waals surface area contributed by atoms with Gasteiger partial charge in [-0.3, -0.25) is 4.79 Å². The van der Waals surface area contributed by atoms with Crippen molar-refractivity contribution in [2.24, 2.45) is 11.7 Å². The Bertz CT molecular complexity index is 269. The Morgan fingerprint density at radius 1 is 1.42 bits per heavy atom. The van der Waals surface area contributed by atoms with Crippen LogP contribution in [0.2, 0.25) is 0 Å². The van der Waals surface area contributed by atoms with Crippen LogP contribution >= 0.6 is 0 Å². The Morgan fingerprint density at radius 2 is 2.16 bits per heavy atom. The molecule has 2 unspecified atom stereocenters. The maximum Gasteiger partial charge on any atom is 0.222 e. The number of ether oxygens (including phenoxy) is 1. The van der Waals surface area contributed by atoms with Gasteiger partial charge in [0.2, 0.25) is 5.91 Å². The third-order valence-electron chi connectivity index (χ3n) is 4.07. The summed E-state index contributed by atoms with van der Waals surface area (Å²) in [5, 5.41) is 0. The molecule has 0 aromatic rings. The second-order valence-corrected chi connectivity index (χ2v) is 6.01. The van der Waals surface area contributed by atoms with E-state index in [0.717, 1.165) is 19.3 Å². The molecule has 4 heteroatoms. The molecule has 2 N–H and O–H groups in total. The topological polar surface area (TPSA) is 55.6 Å². The van der Waals surface area contributed by atoms with Crippen LogP contribution in [0.1, 0.15) is 52.4 Å². The lowest BCUT2D eigenvalue weighted by Gasteiger charge is -2.29. The summed E-state index contributed by atoms with van der Waals surface area (Å²) in [6.45, 7) is 5.42. The molecule has 0 aliphatic heterocycles. The number of hydrogen-bond donors (Lipinski definition) is 1. The first kappa shape index (κ1) is 16.4. The summed E-state index contributed by atoms with van der Waals surface area (Å²) in [4.78, 5) is 14.2. The zero-order chi connectivity index (χ0) is 14.3. The fraction of sp³-hybridized carbons (Fsp3) is 0.933. The van der Waals surface area contributed by atoms with Crippen molar-refractivity contribution in [2.75, 3.05) is 20.3 Å². The van der Waals surface area contributed by atoms with Gasteiger partial charge in [-0.25, -0.2) is 0 Å². The number of carbonyl (C=O) groups excluding carboxylic acids is 1. The quantitative estimate of drug-likeness (QED) is 0.771. The lowest BCUT2D eigenvalue weighted by Crippen LogP contribution is -2.39. The SMILES string of the molecule is COCCN(C(=O)CCC1CCCC(N)C1)C(C)C. The molecule has 0 saturated heterocycles. The van der Waals surface area contributed by atoms with Crippen molar-refractivity contribution in [2.45, 2.75) is 64.5 Å². The van der Waals surface area contributed by atoms with Gasteiger partial charge in [-0.15, -0.1) is 0 Å². The Morgan fingerprint density at radius 3 is 2.74 bits per heavy atom. The molecular weight excluding hydrogens is 240 g/mol. The van der Waals surface area contributed by atoms with E-state index in [1.54, 1.807) is 7.11 Å². The fourth-order valence-electron chi connectivity index (χ4n) is 2.93. The van der Waals surface area contributed by atoms with Gasteiger partial charge >= 0.3 is 0 Å². The van der Waals surface area contributed by atoms with Crippen LogP contribution in [-0.2, 0) is 9.53 Å². The van der Waals surface area contributed by atoms with Gasteiger partial charge < -0.3 is 15.4 Å². The van der Waals surface area contributed by atoms with Gasteiger partial charge in [0.25, 0.3) is 0 Å². The first-order valence-corrected chi connectivity index (χ1v) is 7.58. The van der Waals surface area contributed by atoms with Crippen molar-refractivity contribution >= 4 is 5.91 Å². The van der Waals surface area contributed by atoms with Crippen LogP contribution in [0.3, 0.4) is 0 Å². The second-order valence-electron chi connectivity index (χ2n) is 6.01. The third-order valence-corrected chi connectivity index (χ3v) is 4.07. The molecular formula is C15H30N2O2. The van der Waals surface area contributed by atoms with Crippen LogP contribution in [0.4, 0.5) is 0 Å². The van der Waals surface area contributed by atoms with Crippen molar-refractivity contribution in [1.82, 2.24) is 4.90 Å². The molecule has 0 aromatic heterocycles. The minimum Gasteiger partial charge on any atom is -0.383 e. The molecule has 0 aromatic carbocycles. The Hall–Kier alpha value is -0.610. The van der Waals surface area contributed by atoms with Crippen molar-refractivity contribution in [3.05, 3.63) is 0 Å². The summed E-state index contributed by atoms with van der Waals surface area (Å²) in [7, 11) is 1.67. The second kappa shape index (κ2) is 8.54. The normalized spacial score (nSPS) is 23.6. The van der Waals surface area contributed by atoms with Crippen LogP contribution in [0.15, 0.2) is 0 Å². The van der Waals surface area contributed by atoms with Gasteiger partial charge in [-0.05, 0) is 39.0 Å². The van der Waals surface area contributed by atoms with E-state index >= 15 is 0 Å². The number of amides is 1. The molecule has 112 valence electrons. The molecule has 19 heavy (non-hydrogen) atoms. The number of nitrogens with zero attached hydrogens (tertiary/aromatic N) is 1. The highest BCUT2D eigenvalue weighted by Crippen LogP contribution is 2.27. The summed E-state index contributed by atoms with van der Waals surface area (Å²) in [5.74, 6) is 0.898. The monoisotopic (exact) mass is 270 g/mol. The molecule has 1 aliphatic rings. The van der Waals surface area contributed by atoms with Gasteiger partial charge in [0.05, 0.1) is 6.61 Å². The number of carbonyl (C=O) groups is 1. The van der Waals surface area contributed by atoms with E-state index in [1.165, 1.54) is 12.8 Å². The van der Waals surface area contributed by atoms with Gasteiger partial charge in [-0.2, -0.15) is 0 Å². The Kier molecular flexibility index (Phi) is 7.39. The number of rotatable bonds is 7. The van der Waals surface area contributed by atoms with Crippen molar-refractivity contribution in [1.29, 1.82) is 0 Å². The van der Waals surface area contributed by atoms with Gasteiger partial charge in [0, 0.05) is 32.2 Å². The number of nitrogens with two attached hydrogens (primary N) is 1. The number of methoxy groups -OCH3 is 1. The standard InChI is InChI=1S/C15H30N2O2/c1-12(2)17(9-10-19-3)15(18)8-7-13-5-4-6-14(16)11-13/h12-14H,4-11,16H2,1-3H3. The first-order chi connectivity index (χ1) is 9.04. The van der Waals surface area contributed by atoms with Gasteiger partial charge in [0.1, 0.15) is 0 Å². The highest BCUT2D eigenvalue weighted by atomic mass is 16.5. The molecule has 1 amide bonds. The zero-order valence-electron chi connectivity index (χ0n) is 12.7. The average Bonchev–Trinajstić information content (AvgIpc) is 2.36. The van der Waals surface area contributed by atoms with E-state index < -0.39 is 0 Å². The van der Waals surface area contributed by atoms with Gasteiger partial charge in [-0.1, -0.05) is 12.8 Å². The van der Waals surface area contributed by atoms with Crippen LogP contribution in [0.5, 0.6) is 0 Å². The molecule has 1 rings (SSSR count). The van der Waals surface area contributed by atoms with Crippen LogP contribution in [0, 0.1) is 5.92 Å². The molecule has 0 bridgehead atoms. The predicted molar refractivity (Wildman–Crippen MR) is 77.9 cm³/mol. The van der Waals surface area contributed by atoms with E-state index in [1.807, 2.05) is 4.90 Å². The highest BCUT2D eigenvalue weighted by Gasteiger charge is 2.22. The van der Waals surface area contributed by atoms with E-state index in [-0.39, 0.29) is 11.9 Å². The Labute approximate surface area is 117 Å². The summed E-state index contributed by atoms with van der Waals surface area (Å²) >= 11 is 0. The minimum atomic E-state index is 0.247. The first-order valence-electron chi connectivity index (χ1n) is 7.58. The largest absolute Gasteiger partial charge is 0.383 e. The van der Waals surface area contributed by atoms with Gasteiger partial charge in [0.15, 0.2) is 0 Å². The summed E-state index contributed by atoms with van der Waals surface area (Å²) < 4.78 is 5.07. The zero-order valence-corrected chi connectivity index (χ0v) is 12.7. The highest BCUT2D eigenvalue weighted by molar-refractivity contribution is 5.76. The average molecular weight is 270 g/mol. The molecule has 1 aliphatic carbocycles. The third kappa shape index (κ3) is 5.91.